The van der Waals surface area contributed by atoms with Crippen LogP contribution in [0.3, 0.4) is 0 Å². The molecule has 2 amide bonds. The van der Waals surface area contributed by atoms with Gasteiger partial charge in [-0.2, -0.15) is 0 Å². The molecule has 0 radical (unpaired) electrons. The highest BCUT2D eigenvalue weighted by Gasteiger charge is 2.31. The van der Waals surface area contributed by atoms with Crippen molar-refractivity contribution in [2.24, 2.45) is 0 Å². The summed E-state index contributed by atoms with van der Waals surface area (Å²) >= 11 is 0. The minimum absolute atomic E-state index is 0.171. The van der Waals surface area contributed by atoms with Crippen LogP contribution in [0.25, 0.3) is 0 Å². The Bertz CT molecular complexity index is 498. The minimum Gasteiger partial charge on any atom is -0.494 e. The normalized spacial score (nSPS) is 16.3. The third kappa shape index (κ3) is 4.63. The quantitative estimate of drug-likeness (QED) is 0.848. The maximum Gasteiger partial charge on any atom is 0.321 e. The second-order valence-corrected chi connectivity index (χ2v) is 5.99. The van der Waals surface area contributed by atoms with E-state index < -0.39 is 5.60 Å². The first kappa shape index (κ1) is 16.6. The Hall–Kier alpha value is -1.75. The lowest BCUT2D eigenvalue weighted by Crippen LogP contribution is -2.36. The second-order valence-electron chi connectivity index (χ2n) is 5.99. The van der Waals surface area contributed by atoms with E-state index in [1.54, 1.807) is 18.0 Å². The summed E-state index contributed by atoms with van der Waals surface area (Å²) in [4.78, 5) is 13.8. The van der Waals surface area contributed by atoms with Crippen LogP contribution in [0.15, 0.2) is 24.3 Å². The van der Waals surface area contributed by atoms with Crippen LogP contribution in [-0.4, -0.2) is 41.8 Å². The molecule has 5 nitrogen and oxygen atoms in total. The van der Waals surface area contributed by atoms with Crippen LogP contribution in [0.4, 0.5) is 10.5 Å². The lowest BCUT2D eigenvalue weighted by Gasteiger charge is -2.26. The molecule has 1 aliphatic rings. The van der Waals surface area contributed by atoms with Gasteiger partial charge < -0.3 is 20.1 Å². The lowest BCUT2D eigenvalue weighted by atomic mass is 9.98. The van der Waals surface area contributed by atoms with Gasteiger partial charge >= 0.3 is 6.03 Å². The Morgan fingerprint density at radius 3 is 2.82 bits per heavy atom. The van der Waals surface area contributed by atoms with E-state index in [2.05, 4.69) is 5.32 Å². The molecule has 5 heteroatoms. The number of aliphatic hydroxyl groups is 1. The number of anilines is 1. The Morgan fingerprint density at radius 1 is 1.41 bits per heavy atom. The Balaban J connectivity index is 1.84. The fourth-order valence-electron chi connectivity index (χ4n) is 2.81. The predicted molar refractivity (Wildman–Crippen MR) is 87.3 cm³/mol. The van der Waals surface area contributed by atoms with Crippen molar-refractivity contribution in [1.29, 1.82) is 0 Å². The SMILES string of the molecule is CCOc1cccc(NC(=O)N(C)CCC2(O)CCCC2)c1. The van der Waals surface area contributed by atoms with Crippen molar-refractivity contribution >= 4 is 11.7 Å². The third-order valence-corrected chi connectivity index (χ3v) is 4.19. The molecule has 2 rings (SSSR count). The molecule has 0 heterocycles. The summed E-state index contributed by atoms with van der Waals surface area (Å²) in [5, 5.41) is 13.2. The summed E-state index contributed by atoms with van der Waals surface area (Å²) < 4.78 is 5.42. The van der Waals surface area contributed by atoms with Crippen molar-refractivity contribution in [3.63, 3.8) is 0 Å². The molecule has 0 bridgehead atoms. The topological polar surface area (TPSA) is 61.8 Å². The van der Waals surface area contributed by atoms with Gasteiger partial charge in [-0.3, -0.25) is 0 Å². The molecule has 1 saturated carbocycles. The zero-order chi connectivity index (χ0) is 16.0. The van der Waals surface area contributed by atoms with Crippen LogP contribution in [0.5, 0.6) is 5.75 Å². The van der Waals surface area contributed by atoms with Crippen molar-refractivity contribution in [2.45, 2.75) is 44.6 Å². The summed E-state index contributed by atoms with van der Waals surface area (Å²) in [6.07, 6.45) is 4.49. The van der Waals surface area contributed by atoms with E-state index in [4.69, 9.17) is 4.74 Å². The molecule has 0 saturated heterocycles. The summed E-state index contributed by atoms with van der Waals surface area (Å²) in [6, 6.07) is 7.18. The van der Waals surface area contributed by atoms with Gasteiger partial charge in [-0.05, 0) is 38.3 Å². The largest absolute Gasteiger partial charge is 0.494 e. The molecule has 22 heavy (non-hydrogen) atoms. The molecule has 1 fully saturated rings. The maximum atomic E-state index is 12.2. The molecule has 122 valence electrons. The standard InChI is InChI=1S/C17H26N2O3/c1-3-22-15-8-6-7-14(13-15)18-16(20)19(2)12-11-17(21)9-4-5-10-17/h6-8,13,21H,3-5,9-12H2,1-2H3,(H,18,20). The van der Waals surface area contributed by atoms with Gasteiger partial charge in [0.2, 0.25) is 0 Å². The van der Waals surface area contributed by atoms with Crippen LogP contribution in [-0.2, 0) is 0 Å². The number of nitrogens with one attached hydrogen (secondary N) is 1. The Morgan fingerprint density at radius 2 is 2.14 bits per heavy atom. The highest BCUT2D eigenvalue weighted by Crippen LogP contribution is 2.32. The third-order valence-electron chi connectivity index (χ3n) is 4.19. The number of amides is 2. The van der Waals surface area contributed by atoms with E-state index in [9.17, 15) is 9.90 Å². The number of carbonyl (C=O) groups is 1. The van der Waals surface area contributed by atoms with Gasteiger partial charge in [-0.15, -0.1) is 0 Å². The van der Waals surface area contributed by atoms with Gasteiger partial charge in [0, 0.05) is 25.3 Å². The van der Waals surface area contributed by atoms with Crippen molar-refractivity contribution in [3.8, 4) is 5.75 Å². The molecular formula is C17H26N2O3. The number of nitrogens with zero attached hydrogens (tertiary/aromatic N) is 1. The Kier molecular flexibility index (Phi) is 5.66. The van der Waals surface area contributed by atoms with Crippen molar-refractivity contribution < 1.29 is 14.6 Å². The van der Waals surface area contributed by atoms with Gasteiger partial charge in [0.05, 0.1) is 12.2 Å². The predicted octanol–water partition coefficient (Wildman–Crippen LogP) is 3.24. The molecule has 0 unspecified atom stereocenters. The second kappa shape index (κ2) is 7.49. The average molecular weight is 306 g/mol. The first-order valence-electron chi connectivity index (χ1n) is 8.00. The molecule has 0 aromatic heterocycles. The number of benzene rings is 1. The van der Waals surface area contributed by atoms with Crippen LogP contribution in [0, 0.1) is 0 Å². The first-order chi connectivity index (χ1) is 10.5. The van der Waals surface area contributed by atoms with E-state index in [-0.39, 0.29) is 6.03 Å². The Labute approximate surface area is 132 Å². The molecule has 1 aliphatic carbocycles. The van der Waals surface area contributed by atoms with Crippen molar-refractivity contribution in [1.82, 2.24) is 4.90 Å². The fraction of sp³-hybridized carbons (Fsp3) is 0.588. The number of carbonyl (C=O) groups excluding carboxylic acids is 1. The molecular weight excluding hydrogens is 280 g/mol. The number of hydrogen-bond acceptors (Lipinski definition) is 3. The molecule has 1 aromatic rings. The minimum atomic E-state index is -0.580. The summed E-state index contributed by atoms with van der Waals surface area (Å²) in [5.41, 5.74) is 0.131. The van der Waals surface area contributed by atoms with E-state index in [0.29, 0.717) is 25.3 Å². The number of ether oxygens (including phenoxy) is 1. The zero-order valence-corrected chi connectivity index (χ0v) is 13.5. The number of urea groups is 1. The van der Waals surface area contributed by atoms with Gasteiger partial charge in [0.1, 0.15) is 5.75 Å². The molecule has 2 N–H and O–H groups in total. The smallest absolute Gasteiger partial charge is 0.321 e. The average Bonchev–Trinajstić information content (AvgIpc) is 2.93. The molecule has 0 aliphatic heterocycles. The highest BCUT2D eigenvalue weighted by atomic mass is 16.5. The van der Waals surface area contributed by atoms with Gasteiger partial charge in [-0.1, -0.05) is 18.9 Å². The van der Waals surface area contributed by atoms with E-state index in [1.807, 2.05) is 25.1 Å². The van der Waals surface area contributed by atoms with E-state index in [0.717, 1.165) is 31.4 Å². The lowest BCUT2D eigenvalue weighted by molar-refractivity contribution is 0.0335. The van der Waals surface area contributed by atoms with Crippen LogP contribution >= 0.6 is 0 Å². The van der Waals surface area contributed by atoms with Crippen molar-refractivity contribution in [2.75, 3.05) is 25.5 Å². The van der Waals surface area contributed by atoms with Crippen LogP contribution < -0.4 is 10.1 Å². The number of rotatable bonds is 6. The monoisotopic (exact) mass is 306 g/mol. The van der Waals surface area contributed by atoms with Crippen LogP contribution in [0.1, 0.15) is 39.0 Å². The highest BCUT2D eigenvalue weighted by molar-refractivity contribution is 5.89. The summed E-state index contributed by atoms with van der Waals surface area (Å²) in [7, 11) is 1.75. The van der Waals surface area contributed by atoms with Crippen molar-refractivity contribution in [3.05, 3.63) is 24.3 Å². The zero-order valence-electron chi connectivity index (χ0n) is 13.5. The molecule has 0 atom stereocenters. The van der Waals surface area contributed by atoms with Gasteiger partial charge in [0.15, 0.2) is 0 Å². The van der Waals surface area contributed by atoms with E-state index in [1.165, 1.54) is 0 Å². The first-order valence-corrected chi connectivity index (χ1v) is 8.00. The van der Waals surface area contributed by atoms with Crippen LogP contribution in [0.2, 0.25) is 0 Å². The van der Waals surface area contributed by atoms with E-state index >= 15 is 0 Å². The van der Waals surface area contributed by atoms with Gasteiger partial charge in [-0.25, -0.2) is 4.79 Å². The summed E-state index contributed by atoms with van der Waals surface area (Å²) in [5.74, 6) is 0.739. The maximum absolute atomic E-state index is 12.2. The molecule has 1 aromatic carbocycles. The fourth-order valence-corrected chi connectivity index (χ4v) is 2.81. The molecule has 0 spiro atoms. The number of hydrogen-bond donors (Lipinski definition) is 2. The summed E-state index contributed by atoms with van der Waals surface area (Å²) in [6.45, 7) is 3.07. The van der Waals surface area contributed by atoms with Gasteiger partial charge in [0.25, 0.3) is 0 Å².